The van der Waals surface area contributed by atoms with E-state index >= 15 is 0 Å². The molecule has 2 aromatic heterocycles. The zero-order valence-corrected chi connectivity index (χ0v) is 10.1. The first-order chi connectivity index (χ1) is 9.33. The molecule has 3 aromatic rings. The number of para-hydroxylation sites is 1. The number of H-pyrrole nitrogens is 1. The first kappa shape index (κ1) is 11.4. The van der Waals surface area contributed by atoms with Gasteiger partial charge in [-0.3, -0.25) is 14.6 Å². The van der Waals surface area contributed by atoms with E-state index in [1.165, 1.54) is 6.33 Å². The average molecular weight is 256 g/mol. The molecule has 0 unspecified atom stereocenters. The normalized spacial score (nSPS) is 10.7. The molecular weight excluding hydrogens is 244 g/mol. The molecule has 2 N–H and O–H groups in total. The number of nitrogens with zero attached hydrogens (tertiary/aromatic N) is 4. The number of benzene rings is 1. The van der Waals surface area contributed by atoms with Gasteiger partial charge in [0.25, 0.3) is 0 Å². The van der Waals surface area contributed by atoms with Crippen molar-refractivity contribution >= 4 is 22.6 Å². The number of amides is 1. The van der Waals surface area contributed by atoms with Gasteiger partial charge in [0.15, 0.2) is 5.82 Å². The Hall–Kier alpha value is -2.70. The number of rotatable bonds is 4. The second kappa shape index (κ2) is 4.89. The van der Waals surface area contributed by atoms with Crippen LogP contribution in [0.2, 0.25) is 0 Å². The van der Waals surface area contributed by atoms with Crippen LogP contribution in [0.5, 0.6) is 0 Å². The van der Waals surface area contributed by atoms with Crippen LogP contribution in [0.25, 0.3) is 10.9 Å². The number of nitrogens with one attached hydrogen (secondary N) is 2. The number of anilines is 1. The molecule has 0 fully saturated rings. The number of aromatic nitrogens is 5. The van der Waals surface area contributed by atoms with E-state index in [1.807, 2.05) is 24.3 Å². The molecule has 0 aliphatic rings. The van der Waals surface area contributed by atoms with Crippen molar-refractivity contribution in [2.24, 2.45) is 0 Å². The van der Waals surface area contributed by atoms with Crippen LogP contribution in [-0.2, 0) is 11.3 Å². The summed E-state index contributed by atoms with van der Waals surface area (Å²) in [7, 11) is 0. The fourth-order valence-electron chi connectivity index (χ4n) is 1.82. The van der Waals surface area contributed by atoms with Gasteiger partial charge in [0.1, 0.15) is 12.7 Å². The van der Waals surface area contributed by atoms with Crippen molar-refractivity contribution in [3.05, 3.63) is 36.9 Å². The van der Waals surface area contributed by atoms with Crippen molar-refractivity contribution in [3.8, 4) is 0 Å². The van der Waals surface area contributed by atoms with Gasteiger partial charge in [-0.2, -0.15) is 10.2 Å². The average Bonchev–Trinajstić information content (AvgIpc) is 3.07. The molecular formula is C12H12N6O. The van der Waals surface area contributed by atoms with Gasteiger partial charge in [0.05, 0.1) is 12.1 Å². The molecule has 3 rings (SSSR count). The third-order valence-electron chi connectivity index (χ3n) is 2.76. The summed E-state index contributed by atoms with van der Waals surface area (Å²) in [5, 5.41) is 14.6. The van der Waals surface area contributed by atoms with E-state index in [9.17, 15) is 4.79 Å². The molecule has 0 radical (unpaired) electrons. The number of carbonyl (C=O) groups is 1. The highest BCUT2D eigenvalue weighted by molar-refractivity contribution is 5.99. The molecule has 0 saturated carbocycles. The van der Waals surface area contributed by atoms with Gasteiger partial charge in [0.2, 0.25) is 5.91 Å². The lowest BCUT2D eigenvalue weighted by molar-refractivity contribution is -0.116. The Morgan fingerprint density at radius 1 is 1.37 bits per heavy atom. The molecule has 2 heterocycles. The minimum atomic E-state index is -0.104. The summed E-state index contributed by atoms with van der Waals surface area (Å²) in [6, 6.07) is 7.64. The number of hydrogen-bond acceptors (Lipinski definition) is 4. The summed E-state index contributed by atoms with van der Waals surface area (Å²) in [6.07, 6.45) is 3.35. The maximum absolute atomic E-state index is 11.8. The lowest BCUT2D eigenvalue weighted by Crippen LogP contribution is -2.15. The topological polar surface area (TPSA) is 88.5 Å². The number of fused-ring (bicyclic) bond motifs is 1. The summed E-state index contributed by atoms with van der Waals surface area (Å²) >= 11 is 0. The van der Waals surface area contributed by atoms with Crippen molar-refractivity contribution in [2.75, 3.05) is 5.32 Å². The minimum Gasteiger partial charge on any atom is -0.309 e. The maximum Gasteiger partial charge on any atom is 0.227 e. The highest BCUT2D eigenvalue weighted by Crippen LogP contribution is 2.19. The smallest absolute Gasteiger partial charge is 0.227 e. The van der Waals surface area contributed by atoms with Gasteiger partial charge >= 0.3 is 0 Å². The summed E-state index contributed by atoms with van der Waals surface area (Å²) in [4.78, 5) is 15.6. The van der Waals surface area contributed by atoms with E-state index in [1.54, 1.807) is 11.0 Å². The lowest BCUT2D eigenvalue weighted by Gasteiger charge is -2.02. The molecule has 0 spiro atoms. The number of hydrogen-bond donors (Lipinski definition) is 2. The molecule has 0 bridgehead atoms. The van der Waals surface area contributed by atoms with Gasteiger partial charge in [-0.25, -0.2) is 4.98 Å². The molecule has 96 valence electrons. The molecule has 0 aliphatic heterocycles. The zero-order chi connectivity index (χ0) is 13.1. The predicted molar refractivity (Wildman–Crippen MR) is 69.4 cm³/mol. The highest BCUT2D eigenvalue weighted by atomic mass is 16.1. The molecule has 1 aromatic carbocycles. The van der Waals surface area contributed by atoms with Crippen molar-refractivity contribution in [1.29, 1.82) is 0 Å². The third kappa shape index (κ3) is 2.44. The van der Waals surface area contributed by atoms with Crippen LogP contribution in [0.4, 0.5) is 5.82 Å². The maximum atomic E-state index is 11.8. The number of aryl methyl sites for hydroxylation is 1. The van der Waals surface area contributed by atoms with Crippen LogP contribution in [0.1, 0.15) is 6.42 Å². The Balaban J connectivity index is 1.66. The van der Waals surface area contributed by atoms with Gasteiger partial charge in [-0.05, 0) is 12.1 Å². The van der Waals surface area contributed by atoms with E-state index in [0.717, 1.165) is 10.9 Å². The van der Waals surface area contributed by atoms with E-state index in [2.05, 4.69) is 25.6 Å². The SMILES string of the molecule is O=C(CCn1cncn1)Nc1n[nH]c2ccccc12. The molecule has 0 aliphatic carbocycles. The van der Waals surface area contributed by atoms with Gasteiger partial charge in [-0.15, -0.1) is 0 Å². The molecule has 7 nitrogen and oxygen atoms in total. The van der Waals surface area contributed by atoms with Crippen molar-refractivity contribution in [3.63, 3.8) is 0 Å². The van der Waals surface area contributed by atoms with Crippen LogP contribution in [0.3, 0.4) is 0 Å². The fourth-order valence-corrected chi connectivity index (χ4v) is 1.82. The summed E-state index contributed by atoms with van der Waals surface area (Å²) < 4.78 is 1.61. The zero-order valence-electron chi connectivity index (χ0n) is 10.1. The number of carbonyl (C=O) groups excluding carboxylic acids is 1. The van der Waals surface area contributed by atoms with E-state index in [4.69, 9.17) is 0 Å². The second-order valence-corrected chi connectivity index (χ2v) is 4.07. The van der Waals surface area contributed by atoms with Crippen LogP contribution >= 0.6 is 0 Å². The van der Waals surface area contributed by atoms with Crippen LogP contribution in [0, 0.1) is 0 Å². The summed E-state index contributed by atoms with van der Waals surface area (Å²) in [5.41, 5.74) is 0.897. The first-order valence-electron chi connectivity index (χ1n) is 5.88. The van der Waals surface area contributed by atoms with Gasteiger partial charge in [0, 0.05) is 11.8 Å². The van der Waals surface area contributed by atoms with Gasteiger partial charge in [-0.1, -0.05) is 12.1 Å². The Bertz CT molecular complexity index is 687. The highest BCUT2D eigenvalue weighted by Gasteiger charge is 2.08. The van der Waals surface area contributed by atoms with Crippen molar-refractivity contribution in [1.82, 2.24) is 25.0 Å². The third-order valence-corrected chi connectivity index (χ3v) is 2.76. The van der Waals surface area contributed by atoms with Gasteiger partial charge < -0.3 is 5.32 Å². The van der Waals surface area contributed by atoms with E-state index in [0.29, 0.717) is 18.8 Å². The van der Waals surface area contributed by atoms with Crippen LogP contribution < -0.4 is 5.32 Å². The molecule has 0 saturated heterocycles. The summed E-state index contributed by atoms with van der Waals surface area (Å²) in [5.74, 6) is 0.451. The quantitative estimate of drug-likeness (QED) is 0.733. The monoisotopic (exact) mass is 256 g/mol. The largest absolute Gasteiger partial charge is 0.309 e. The molecule has 0 atom stereocenters. The first-order valence-corrected chi connectivity index (χ1v) is 5.88. The Morgan fingerprint density at radius 2 is 2.26 bits per heavy atom. The predicted octanol–water partition coefficient (Wildman–Crippen LogP) is 1.18. The Labute approximate surface area is 108 Å². The summed E-state index contributed by atoms with van der Waals surface area (Å²) in [6.45, 7) is 0.494. The minimum absolute atomic E-state index is 0.104. The molecule has 1 amide bonds. The van der Waals surface area contributed by atoms with Crippen molar-refractivity contribution in [2.45, 2.75) is 13.0 Å². The Kier molecular flexibility index (Phi) is 2.93. The lowest BCUT2D eigenvalue weighted by atomic mass is 10.2. The van der Waals surface area contributed by atoms with Crippen LogP contribution in [0.15, 0.2) is 36.9 Å². The van der Waals surface area contributed by atoms with Crippen molar-refractivity contribution < 1.29 is 4.79 Å². The van der Waals surface area contributed by atoms with E-state index in [-0.39, 0.29) is 5.91 Å². The molecule has 19 heavy (non-hydrogen) atoms. The molecule has 7 heteroatoms. The van der Waals surface area contributed by atoms with E-state index < -0.39 is 0 Å². The standard InChI is InChI=1S/C12H12N6O/c19-11(5-6-18-8-13-7-14-18)15-12-9-3-1-2-4-10(9)16-17-12/h1-4,7-8H,5-6H2,(H2,15,16,17,19). The second-order valence-electron chi connectivity index (χ2n) is 4.07. The number of aromatic amines is 1. The van der Waals surface area contributed by atoms with Crippen LogP contribution in [-0.4, -0.2) is 30.9 Å². The fraction of sp³-hybridized carbons (Fsp3) is 0.167. The Morgan fingerprint density at radius 3 is 3.11 bits per heavy atom.